The quantitative estimate of drug-likeness (QED) is 0.714. The van der Waals surface area contributed by atoms with Gasteiger partial charge in [-0.2, -0.15) is 0 Å². The molecule has 0 amide bonds. The summed E-state index contributed by atoms with van der Waals surface area (Å²) in [4.78, 5) is 0. The summed E-state index contributed by atoms with van der Waals surface area (Å²) in [7, 11) is 0. The number of nitrogens with one attached hydrogen (secondary N) is 1. The van der Waals surface area contributed by atoms with Gasteiger partial charge >= 0.3 is 0 Å². The maximum absolute atomic E-state index is 9.01. The molecule has 1 rings (SSSR count). The van der Waals surface area contributed by atoms with E-state index in [0.717, 1.165) is 5.76 Å². The van der Waals surface area contributed by atoms with Gasteiger partial charge in [-0.3, -0.25) is 0 Å². The van der Waals surface area contributed by atoms with Gasteiger partial charge in [-0.1, -0.05) is 0 Å². The highest BCUT2D eigenvalue weighted by molar-refractivity contribution is 5.02. The molecule has 3 heteroatoms. The minimum atomic E-state index is -0.317. The molecule has 1 aromatic rings. The second kappa shape index (κ2) is 4.28. The lowest BCUT2D eigenvalue weighted by Crippen LogP contribution is -2.26. The summed E-state index contributed by atoms with van der Waals surface area (Å²) in [5, 5.41) is 12.1. The molecule has 2 atom stereocenters. The predicted octanol–water partition coefficient (Wildman–Crippen LogP) is 1.31. The highest BCUT2D eigenvalue weighted by atomic mass is 16.3. The molecule has 0 saturated heterocycles. The standard InChI is InChI=1S/C9H15NO2/c1-7(11)6-10-8(2)9-4-3-5-12-9/h3-5,7-8,10-11H,6H2,1-2H3/t7-,8?/m0/s1. The lowest BCUT2D eigenvalue weighted by Gasteiger charge is -2.12. The van der Waals surface area contributed by atoms with E-state index < -0.39 is 0 Å². The number of rotatable bonds is 4. The van der Waals surface area contributed by atoms with Gasteiger partial charge < -0.3 is 14.8 Å². The number of hydrogen-bond acceptors (Lipinski definition) is 3. The highest BCUT2D eigenvalue weighted by Gasteiger charge is 2.07. The van der Waals surface area contributed by atoms with Crippen molar-refractivity contribution in [3.63, 3.8) is 0 Å². The Bertz CT molecular complexity index is 206. The summed E-state index contributed by atoms with van der Waals surface area (Å²) in [6.07, 6.45) is 1.33. The smallest absolute Gasteiger partial charge is 0.120 e. The van der Waals surface area contributed by atoms with E-state index in [-0.39, 0.29) is 12.1 Å². The van der Waals surface area contributed by atoms with Crippen molar-refractivity contribution in [1.82, 2.24) is 5.32 Å². The molecule has 12 heavy (non-hydrogen) atoms. The maximum atomic E-state index is 9.01. The lowest BCUT2D eigenvalue weighted by atomic mass is 10.2. The third-order valence-corrected chi connectivity index (χ3v) is 1.69. The first-order valence-corrected chi connectivity index (χ1v) is 4.15. The van der Waals surface area contributed by atoms with Gasteiger partial charge in [0, 0.05) is 6.54 Å². The van der Waals surface area contributed by atoms with Crippen LogP contribution in [-0.2, 0) is 0 Å². The summed E-state index contributed by atoms with van der Waals surface area (Å²) >= 11 is 0. The monoisotopic (exact) mass is 169 g/mol. The van der Waals surface area contributed by atoms with Crippen LogP contribution in [0.3, 0.4) is 0 Å². The zero-order valence-electron chi connectivity index (χ0n) is 7.45. The minimum absolute atomic E-state index is 0.162. The molecule has 0 saturated carbocycles. The van der Waals surface area contributed by atoms with Gasteiger partial charge in [0.1, 0.15) is 5.76 Å². The Morgan fingerprint density at radius 2 is 2.33 bits per heavy atom. The summed E-state index contributed by atoms with van der Waals surface area (Å²) in [5.41, 5.74) is 0. The molecule has 1 aromatic heterocycles. The van der Waals surface area contributed by atoms with Gasteiger partial charge in [0.05, 0.1) is 18.4 Å². The van der Waals surface area contributed by atoms with Gasteiger partial charge in [-0.05, 0) is 26.0 Å². The van der Waals surface area contributed by atoms with Crippen LogP contribution >= 0.6 is 0 Å². The van der Waals surface area contributed by atoms with Crippen LogP contribution in [0.2, 0.25) is 0 Å². The number of aliphatic hydroxyl groups is 1. The number of hydrogen-bond donors (Lipinski definition) is 2. The van der Waals surface area contributed by atoms with Crippen LogP contribution in [-0.4, -0.2) is 17.8 Å². The van der Waals surface area contributed by atoms with Crippen molar-refractivity contribution in [3.8, 4) is 0 Å². The SMILES string of the molecule is CC(NC[C@H](C)O)c1ccco1. The molecule has 68 valence electrons. The largest absolute Gasteiger partial charge is 0.468 e. The van der Waals surface area contributed by atoms with E-state index in [1.54, 1.807) is 13.2 Å². The van der Waals surface area contributed by atoms with Crippen molar-refractivity contribution in [2.75, 3.05) is 6.54 Å². The Balaban J connectivity index is 2.34. The normalized spacial score (nSPS) is 15.9. The summed E-state index contributed by atoms with van der Waals surface area (Å²) in [5.74, 6) is 0.899. The molecule has 0 bridgehead atoms. The van der Waals surface area contributed by atoms with Crippen LogP contribution in [0.25, 0.3) is 0 Å². The zero-order chi connectivity index (χ0) is 8.97. The molecule has 0 aliphatic heterocycles. The fourth-order valence-electron chi connectivity index (χ4n) is 0.986. The Hall–Kier alpha value is -0.800. The van der Waals surface area contributed by atoms with Crippen molar-refractivity contribution >= 4 is 0 Å². The van der Waals surface area contributed by atoms with Crippen molar-refractivity contribution < 1.29 is 9.52 Å². The van der Waals surface area contributed by atoms with Crippen molar-refractivity contribution in [1.29, 1.82) is 0 Å². The molecule has 1 heterocycles. The van der Waals surface area contributed by atoms with Gasteiger partial charge in [0.15, 0.2) is 0 Å². The van der Waals surface area contributed by atoms with Gasteiger partial charge in [0.2, 0.25) is 0 Å². The molecule has 0 radical (unpaired) electrons. The Morgan fingerprint density at radius 1 is 1.58 bits per heavy atom. The molecule has 0 fully saturated rings. The summed E-state index contributed by atoms with van der Waals surface area (Å²) in [6.45, 7) is 4.34. The van der Waals surface area contributed by atoms with E-state index in [0.29, 0.717) is 6.54 Å². The molecule has 0 spiro atoms. The van der Waals surface area contributed by atoms with Gasteiger partial charge in [-0.25, -0.2) is 0 Å². The number of aliphatic hydroxyl groups excluding tert-OH is 1. The second-order valence-corrected chi connectivity index (χ2v) is 2.99. The molecular formula is C9H15NO2. The lowest BCUT2D eigenvalue weighted by molar-refractivity contribution is 0.185. The minimum Gasteiger partial charge on any atom is -0.468 e. The van der Waals surface area contributed by atoms with Crippen LogP contribution in [0.1, 0.15) is 25.6 Å². The van der Waals surface area contributed by atoms with Crippen LogP contribution < -0.4 is 5.32 Å². The molecule has 3 nitrogen and oxygen atoms in total. The van der Waals surface area contributed by atoms with E-state index in [1.165, 1.54) is 0 Å². The van der Waals surface area contributed by atoms with Crippen LogP contribution in [0.15, 0.2) is 22.8 Å². The third-order valence-electron chi connectivity index (χ3n) is 1.69. The fraction of sp³-hybridized carbons (Fsp3) is 0.556. The number of furan rings is 1. The van der Waals surface area contributed by atoms with E-state index in [9.17, 15) is 0 Å². The maximum Gasteiger partial charge on any atom is 0.120 e. The van der Waals surface area contributed by atoms with Gasteiger partial charge in [0.25, 0.3) is 0 Å². The average molecular weight is 169 g/mol. The van der Waals surface area contributed by atoms with Crippen molar-refractivity contribution in [2.45, 2.75) is 26.0 Å². The summed E-state index contributed by atoms with van der Waals surface area (Å²) < 4.78 is 5.18. The van der Waals surface area contributed by atoms with E-state index >= 15 is 0 Å². The molecule has 0 aliphatic carbocycles. The molecular weight excluding hydrogens is 154 g/mol. The van der Waals surface area contributed by atoms with Gasteiger partial charge in [-0.15, -0.1) is 0 Å². The Morgan fingerprint density at radius 3 is 2.83 bits per heavy atom. The van der Waals surface area contributed by atoms with Crippen LogP contribution in [0, 0.1) is 0 Å². The predicted molar refractivity (Wildman–Crippen MR) is 46.8 cm³/mol. The average Bonchev–Trinajstić information content (AvgIpc) is 2.51. The van der Waals surface area contributed by atoms with Crippen LogP contribution in [0.4, 0.5) is 0 Å². The zero-order valence-corrected chi connectivity index (χ0v) is 7.45. The Kier molecular flexibility index (Phi) is 3.31. The molecule has 1 unspecified atom stereocenters. The molecule has 0 aliphatic rings. The molecule has 2 N–H and O–H groups in total. The second-order valence-electron chi connectivity index (χ2n) is 2.99. The van der Waals surface area contributed by atoms with Crippen molar-refractivity contribution in [3.05, 3.63) is 24.2 Å². The first-order chi connectivity index (χ1) is 5.70. The van der Waals surface area contributed by atoms with E-state index in [4.69, 9.17) is 9.52 Å². The van der Waals surface area contributed by atoms with E-state index in [2.05, 4.69) is 5.32 Å². The van der Waals surface area contributed by atoms with E-state index in [1.807, 2.05) is 19.1 Å². The highest BCUT2D eigenvalue weighted by Crippen LogP contribution is 2.11. The van der Waals surface area contributed by atoms with Crippen LogP contribution in [0.5, 0.6) is 0 Å². The topological polar surface area (TPSA) is 45.4 Å². The molecule has 0 aromatic carbocycles. The first kappa shape index (κ1) is 9.29. The fourth-order valence-corrected chi connectivity index (χ4v) is 0.986. The first-order valence-electron chi connectivity index (χ1n) is 4.15. The third kappa shape index (κ3) is 2.68. The van der Waals surface area contributed by atoms with Crippen molar-refractivity contribution in [2.24, 2.45) is 0 Å². The summed E-state index contributed by atoms with van der Waals surface area (Å²) in [6, 6.07) is 3.94. The Labute approximate surface area is 72.4 Å².